The molecule has 0 aliphatic carbocycles. The van der Waals surface area contributed by atoms with Gasteiger partial charge in [-0.05, 0) is 45.0 Å². The van der Waals surface area contributed by atoms with Crippen molar-refractivity contribution in [2.45, 2.75) is 26.9 Å². The summed E-state index contributed by atoms with van der Waals surface area (Å²) in [5, 5.41) is 12.4. The lowest BCUT2D eigenvalue weighted by Crippen LogP contribution is -2.15. The number of aryl methyl sites for hydroxylation is 2. The summed E-state index contributed by atoms with van der Waals surface area (Å²) in [6.45, 7) is 5.21. The van der Waals surface area contributed by atoms with Crippen LogP contribution in [-0.4, -0.2) is 30.9 Å². The fraction of sp³-hybridized carbons (Fsp3) is 0.250. The molecule has 3 aromatic rings. The first-order valence-corrected chi connectivity index (χ1v) is 7.24. The van der Waals surface area contributed by atoms with Gasteiger partial charge in [0.15, 0.2) is 0 Å². The number of fused-ring (bicyclic) bond motifs is 1. The summed E-state index contributed by atoms with van der Waals surface area (Å²) in [6, 6.07) is 6.95. The maximum Gasteiger partial charge on any atom is 0.274 e. The lowest BCUT2D eigenvalue weighted by atomic mass is 10.2. The number of aliphatic hydroxyl groups is 1. The van der Waals surface area contributed by atoms with Gasteiger partial charge in [0.2, 0.25) is 0 Å². The van der Waals surface area contributed by atoms with E-state index in [0.717, 1.165) is 16.7 Å². The Bertz CT molecular complexity index is 865. The molecule has 1 aromatic carbocycles. The number of hydrogen-bond donors (Lipinski definition) is 3. The zero-order valence-electron chi connectivity index (χ0n) is 13.1. The van der Waals surface area contributed by atoms with E-state index < -0.39 is 6.10 Å². The van der Waals surface area contributed by atoms with Crippen molar-refractivity contribution in [1.82, 2.24) is 19.9 Å². The first-order valence-electron chi connectivity index (χ1n) is 7.24. The van der Waals surface area contributed by atoms with Gasteiger partial charge in [-0.3, -0.25) is 4.79 Å². The van der Waals surface area contributed by atoms with E-state index in [1.807, 2.05) is 6.92 Å². The van der Waals surface area contributed by atoms with Crippen molar-refractivity contribution in [3.8, 4) is 0 Å². The van der Waals surface area contributed by atoms with Crippen molar-refractivity contribution in [2.75, 3.05) is 5.32 Å². The highest BCUT2D eigenvalue weighted by atomic mass is 16.3. The molecule has 1 atom stereocenters. The zero-order chi connectivity index (χ0) is 16.6. The number of aromatic amines is 1. The van der Waals surface area contributed by atoms with Gasteiger partial charge >= 0.3 is 0 Å². The second-order valence-corrected chi connectivity index (χ2v) is 5.43. The Morgan fingerprint density at radius 3 is 2.70 bits per heavy atom. The Kier molecular flexibility index (Phi) is 3.79. The number of carbonyl (C=O) groups is 1. The molecule has 2 heterocycles. The van der Waals surface area contributed by atoms with Crippen molar-refractivity contribution in [3.05, 3.63) is 47.3 Å². The number of aromatic nitrogens is 4. The van der Waals surface area contributed by atoms with Crippen LogP contribution in [0.15, 0.2) is 24.3 Å². The molecule has 0 fully saturated rings. The number of imidazole rings is 1. The fourth-order valence-electron chi connectivity index (χ4n) is 2.33. The highest BCUT2D eigenvalue weighted by Crippen LogP contribution is 2.20. The van der Waals surface area contributed by atoms with Crippen LogP contribution in [0.4, 0.5) is 5.69 Å². The quantitative estimate of drug-likeness (QED) is 0.688. The summed E-state index contributed by atoms with van der Waals surface area (Å²) in [5.41, 5.74) is 3.16. The number of H-pyrrole nitrogens is 1. The Morgan fingerprint density at radius 1 is 1.22 bits per heavy atom. The molecule has 7 nitrogen and oxygen atoms in total. The van der Waals surface area contributed by atoms with E-state index in [4.69, 9.17) is 0 Å². The van der Waals surface area contributed by atoms with E-state index in [0.29, 0.717) is 23.0 Å². The number of hydrogen-bond acceptors (Lipinski definition) is 5. The van der Waals surface area contributed by atoms with Gasteiger partial charge < -0.3 is 15.4 Å². The molecular formula is C16H17N5O2. The van der Waals surface area contributed by atoms with Gasteiger partial charge in [0.1, 0.15) is 23.4 Å². The number of anilines is 1. The number of aliphatic hydroxyl groups excluding tert-OH is 1. The molecule has 0 aliphatic heterocycles. The third kappa shape index (κ3) is 3.19. The van der Waals surface area contributed by atoms with Crippen molar-refractivity contribution in [1.29, 1.82) is 0 Å². The average Bonchev–Trinajstić information content (AvgIpc) is 2.89. The van der Waals surface area contributed by atoms with Crippen molar-refractivity contribution >= 4 is 22.6 Å². The Balaban J connectivity index is 1.87. The molecule has 1 amide bonds. The summed E-state index contributed by atoms with van der Waals surface area (Å²) >= 11 is 0. The lowest BCUT2D eigenvalue weighted by molar-refractivity contribution is 0.102. The molecule has 0 aliphatic rings. The number of rotatable bonds is 3. The molecule has 2 aromatic heterocycles. The minimum absolute atomic E-state index is 0.298. The smallest absolute Gasteiger partial charge is 0.274 e. The summed E-state index contributed by atoms with van der Waals surface area (Å²) in [7, 11) is 0. The third-order valence-electron chi connectivity index (χ3n) is 3.35. The van der Waals surface area contributed by atoms with Crippen LogP contribution in [0, 0.1) is 13.8 Å². The minimum Gasteiger partial charge on any atom is -0.385 e. The molecule has 0 bridgehead atoms. The number of amides is 1. The first-order chi connectivity index (χ1) is 10.9. The maximum absolute atomic E-state index is 12.3. The van der Waals surface area contributed by atoms with Crippen LogP contribution in [0.3, 0.4) is 0 Å². The van der Waals surface area contributed by atoms with Gasteiger partial charge in [0, 0.05) is 11.4 Å². The maximum atomic E-state index is 12.3. The van der Waals surface area contributed by atoms with Crippen LogP contribution in [0.1, 0.15) is 40.9 Å². The van der Waals surface area contributed by atoms with Gasteiger partial charge in [-0.1, -0.05) is 0 Å². The minimum atomic E-state index is -0.674. The largest absolute Gasteiger partial charge is 0.385 e. The number of nitrogens with zero attached hydrogens (tertiary/aromatic N) is 3. The lowest BCUT2D eigenvalue weighted by Gasteiger charge is -2.06. The summed E-state index contributed by atoms with van der Waals surface area (Å²) in [4.78, 5) is 27.9. The normalized spacial score (nSPS) is 12.3. The number of benzene rings is 1. The summed E-state index contributed by atoms with van der Waals surface area (Å²) < 4.78 is 0. The zero-order valence-corrected chi connectivity index (χ0v) is 13.1. The highest BCUT2D eigenvalue weighted by Gasteiger charge is 2.12. The molecule has 0 radical (unpaired) electrons. The standard InChI is InChI=1S/C16H17N5O2/c1-8-6-14(18-10(3)17-8)16(23)19-11-4-5-12-13(7-11)21-15(20-12)9(2)22/h4-7,9,22H,1-3H3,(H,19,23)(H,20,21). The van der Waals surface area contributed by atoms with Gasteiger partial charge in [-0.2, -0.15) is 0 Å². The van der Waals surface area contributed by atoms with Crippen LogP contribution >= 0.6 is 0 Å². The Hall–Kier alpha value is -2.80. The summed E-state index contributed by atoms with van der Waals surface area (Å²) in [6.07, 6.45) is -0.674. The van der Waals surface area contributed by atoms with E-state index in [1.54, 1.807) is 38.1 Å². The predicted molar refractivity (Wildman–Crippen MR) is 86.2 cm³/mol. The summed E-state index contributed by atoms with van der Waals surface area (Å²) in [5.74, 6) is 0.750. The average molecular weight is 311 g/mol. The number of nitrogens with one attached hydrogen (secondary N) is 2. The van der Waals surface area contributed by atoms with Gasteiger partial charge in [0.05, 0.1) is 11.0 Å². The monoisotopic (exact) mass is 311 g/mol. The predicted octanol–water partition coefficient (Wildman–Crippen LogP) is 2.28. The van der Waals surface area contributed by atoms with E-state index in [-0.39, 0.29) is 5.91 Å². The number of carbonyl (C=O) groups excluding carboxylic acids is 1. The van der Waals surface area contributed by atoms with Crippen LogP contribution in [-0.2, 0) is 0 Å². The molecule has 23 heavy (non-hydrogen) atoms. The highest BCUT2D eigenvalue weighted by molar-refractivity contribution is 6.03. The van der Waals surface area contributed by atoms with Crippen molar-refractivity contribution in [2.24, 2.45) is 0 Å². The molecular weight excluding hydrogens is 294 g/mol. The van der Waals surface area contributed by atoms with Gasteiger partial charge in [0.25, 0.3) is 5.91 Å². The second kappa shape index (κ2) is 5.77. The van der Waals surface area contributed by atoms with E-state index >= 15 is 0 Å². The van der Waals surface area contributed by atoms with E-state index in [1.165, 1.54) is 0 Å². The van der Waals surface area contributed by atoms with E-state index in [2.05, 4.69) is 25.3 Å². The van der Waals surface area contributed by atoms with Crippen LogP contribution < -0.4 is 5.32 Å². The fourth-order valence-corrected chi connectivity index (χ4v) is 2.33. The molecule has 118 valence electrons. The molecule has 1 unspecified atom stereocenters. The van der Waals surface area contributed by atoms with Crippen LogP contribution in [0.2, 0.25) is 0 Å². The Labute approximate surface area is 132 Å². The molecule has 3 rings (SSSR count). The van der Waals surface area contributed by atoms with Gasteiger partial charge in [-0.15, -0.1) is 0 Å². The molecule has 3 N–H and O–H groups in total. The molecule has 7 heteroatoms. The Morgan fingerprint density at radius 2 is 2.00 bits per heavy atom. The third-order valence-corrected chi connectivity index (χ3v) is 3.35. The first kappa shape index (κ1) is 15.1. The second-order valence-electron chi connectivity index (χ2n) is 5.43. The van der Waals surface area contributed by atoms with Crippen LogP contribution in [0.25, 0.3) is 11.0 Å². The van der Waals surface area contributed by atoms with Crippen molar-refractivity contribution < 1.29 is 9.90 Å². The molecule has 0 spiro atoms. The topological polar surface area (TPSA) is 104 Å². The molecule has 0 saturated carbocycles. The van der Waals surface area contributed by atoms with E-state index in [9.17, 15) is 9.90 Å². The molecule has 0 saturated heterocycles. The SMILES string of the molecule is Cc1cc(C(=O)Nc2ccc3nc(C(C)O)[nH]c3c2)nc(C)n1. The van der Waals surface area contributed by atoms with Crippen LogP contribution in [0.5, 0.6) is 0 Å². The van der Waals surface area contributed by atoms with Crippen molar-refractivity contribution in [3.63, 3.8) is 0 Å². The van der Waals surface area contributed by atoms with Gasteiger partial charge in [-0.25, -0.2) is 15.0 Å².